The van der Waals surface area contributed by atoms with Gasteiger partial charge in [-0.05, 0) is 113 Å². The van der Waals surface area contributed by atoms with E-state index in [0.29, 0.717) is 65.0 Å². The zero-order chi connectivity index (χ0) is 36.4. The van der Waals surface area contributed by atoms with E-state index in [-0.39, 0.29) is 16.7 Å². The van der Waals surface area contributed by atoms with E-state index in [2.05, 4.69) is 44.3 Å². The molecule has 0 bridgehead atoms. The summed E-state index contributed by atoms with van der Waals surface area (Å²) in [5.74, 6) is 0.651. The number of amides is 1. The van der Waals surface area contributed by atoms with Crippen LogP contribution in [0.2, 0.25) is 5.02 Å². The lowest BCUT2D eigenvalue weighted by Crippen LogP contribution is -2.33. The number of rotatable bonds is 14. The fraction of sp³-hybridized carbons (Fsp3) is 0.415. The van der Waals surface area contributed by atoms with Crippen LogP contribution in [0.5, 0.6) is 17.2 Å². The fourth-order valence-corrected chi connectivity index (χ4v) is 9.57. The van der Waals surface area contributed by atoms with Crippen molar-refractivity contribution in [2.24, 2.45) is 0 Å². The maximum atomic E-state index is 13.4. The third-order valence-corrected chi connectivity index (χ3v) is 12.3. The van der Waals surface area contributed by atoms with Gasteiger partial charge in [-0.15, -0.1) is 0 Å². The number of halogens is 1. The van der Waals surface area contributed by atoms with Crippen LogP contribution < -0.4 is 10.1 Å². The van der Waals surface area contributed by atoms with Gasteiger partial charge in [-0.25, -0.2) is 4.79 Å². The Morgan fingerprint density at radius 1 is 0.980 bits per heavy atom. The molecule has 1 amide bonds. The Hall–Kier alpha value is -3.68. The molecule has 2 N–H and O–H groups in total. The minimum atomic E-state index is -1.26. The van der Waals surface area contributed by atoms with Gasteiger partial charge in [0.1, 0.15) is 25.5 Å². The largest absolute Gasteiger partial charge is 0.506 e. The Morgan fingerprint density at radius 2 is 1.73 bits per heavy atom. The number of nitrogens with one attached hydrogen (secondary N) is 1. The zero-order valence-corrected chi connectivity index (χ0v) is 32.0. The third kappa shape index (κ3) is 7.34. The van der Waals surface area contributed by atoms with E-state index in [1.165, 1.54) is 0 Å². The number of carbonyl (C=O) groups is 2. The predicted octanol–water partition coefficient (Wildman–Crippen LogP) is 9.76. The second-order valence-corrected chi connectivity index (χ2v) is 16.1. The number of phenols is 1. The minimum absolute atomic E-state index is 0.00934. The maximum absolute atomic E-state index is 13.4. The van der Waals surface area contributed by atoms with Crippen LogP contribution in [0.4, 0.5) is 0 Å². The van der Waals surface area contributed by atoms with E-state index < -0.39 is 19.9 Å². The summed E-state index contributed by atoms with van der Waals surface area (Å²) < 4.78 is 21.6. The average molecular weight is 731 g/mol. The lowest BCUT2D eigenvalue weighted by atomic mass is 9.76. The number of ether oxygens (including phenoxy) is 2. The highest BCUT2D eigenvalue weighted by molar-refractivity contribution is 7.49. The average Bonchev–Trinajstić information content (AvgIpc) is 3.37. The zero-order valence-electron chi connectivity index (χ0n) is 30.3. The molecule has 4 aromatic carbocycles. The van der Waals surface area contributed by atoms with Crippen molar-refractivity contribution in [3.05, 3.63) is 99.1 Å². The van der Waals surface area contributed by atoms with Crippen LogP contribution in [0.1, 0.15) is 98.0 Å². The summed E-state index contributed by atoms with van der Waals surface area (Å²) in [6.45, 7) is 14.5. The molecule has 0 aromatic heterocycles. The Balaban J connectivity index is 1.12. The molecule has 0 radical (unpaired) electrons. The lowest BCUT2D eigenvalue weighted by molar-refractivity contribution is -0.121. The first-order chi connectivity index (χ1) is 24.4. The Morgan fingerprint density at radius 3 is 2.49 bits per heavy atom. The van der Waals surface area contributed by atoms with Gasteiger partial charge in [0, 0.05) is 47.1 Å². The first-order valence-electron chi connectivity index (χ1n) is 17.9. The van der Waals surface area contributed by atoms with E-state index in [1.807, 2.05) is 49.4 Å². The summed E-state index contributed by atoms with van der Waals surface area (Å²) in [5, 5.41) is 15.0. The summed E-state index contributed by atoms with van der Waals surface area (Å²) in [6.07, 6.45) is 4.92. The smallest absolute Gasteiger partial charge is 0.340 e. The number of phenolic OH excluding ortho intramolecular Hbond substituents is 1. The molecule has 0 aliphatic carbocycles. The molecule has 4 aromatic rings. The molecule has 2 aliphatic rings. The second kappa shape index (κ2) is 15.5. The summed E-state index contributed by atoms with van der Waals surface area (Å²) in [5.41, 5.74) is 3.29. The van der Waals surface area contributed by atoms with Crippen LogP contribution in [0.3, 0.4) is 0 Å². The number of nitrogens with zero attached hydrogens (tertiary/aromatic N) is 1. The molecule has 2 heterocycles. The highest BCUT2D eigenvalue weighted by Gasteiger charge is 2.54. The lowest BCUT2D eigenvalue weighted by Gasteiger charge is -2.37. The molecular weight excluding hydrogens is 683 g/mol. The molecule has 51 heavy (non-hydrogen) atoms. The van der Waals surface area contributed by atoms with Crippen LogP contribution >= 0.6 is 19.9 Å². The van der Waals surface area contributed by atoms with Crippen molar-refractivity contribution in [3.63, 3.8) is 0 Å². The summed E-state index contributed by atoms with van der Waals surface area (Å²) in [4.78, 5) is 26.3. The van der Waals surface area contributed by atoms with E-state index in [0.717, 1.165) is 54.4 Å². The third-order valence-electron chi connectivity index (χ3n) is 9.89. The van der Waals surface area contributed by atoms with E-state index in [1.54, 1.807) is 18.2 Å². The normalized spacial score (nSPS) is 16.7. The van der Waals surface area contributed by atoms with Crippen molar-refractivity contribution in [2.75, 3.05) is 19.8 Å². The van der Waals surface area contributed by atoms with E-state index in [4.69, 9.17) is 25.6 Å². The number of carbonyl (C=O) groups excluding carboxylic acids is 2. The van der Waals surface area contributed by atoms with Crippen molar-refractivity contribution in [2.45, 2.75) is 90.8 Å². The second-order valence-electron chi connectivity index (χ2n) is 14.1. The Kier molecular flexibility index (Phi) is 11.3. The molecule has 2 unspecified atom stereocenters. The molecule has 2 aliphatic heterocycles. The van der Waals surface area contributed by atoms with Crippen LogP contribution in [0.25, 0.3) is 10.8 Å². The van der Waals surface area contributed by atoms with Crippen LogP contribution in [-0.2, 0) is 26.1 Å². The standard InChI is InChI=1S/C41H48ClN2O6P/c1-25(2)44(26(3)4)51(6)48-20-12-8-7-11-19-43-38(46)18-16-28-22-34-37(21-27(28)5)49-39-31-24-35(42)36(45)23-29(31)15-17-33(39)41(34)32-14-10-9-13-30(32)40(47)50-41/h9-10,13-15,17,21-26,45H,7-8,11-12,16,18-20H2,1-6H3,(H,43,46). The van der Waals surface area contributed by atoms with Crippen molar-refractivity contribution >= 4 is 42.5 Å². The van der Waals surface area contributed by atoms with Gasteiger partial charge >= 0.3 is 5.97 Å². The quantitative estimate of drug-likeness (QED) is 0.0758. The Labute approximate surface area is 307 Å². The Bertz CT molecular complexity index is 1940. The molecule has 270 valence electrons. The molecule has 0 fully saturated rings. The predicted molar refractivity (Wildman–Crippen MR) is 204 cm³/mol. The number of hydrogen-bond acceptors (Lipinski definition) is 7. The van der Waals surface area contributed by atoms with Gasteiger partial charge in [-0.1, -0.05) is 48.7 Å². The number of fused-ring (bicyclic) bond motifs is 8. The van der Waals surface area contributed by atoms with Gasteiger partial charge in [0.25, 0.3) is 0 Å². The SMILES string of the molecule is Cc1cc2c(cc1CCC(=O)NCCCCCCOP(C)N(C(C)C)C(C)C)C1(OC(=O)c3ccccc31)c1ccc3cc(O)c(Cl)cc3c1O2. The molecule has 0 saturated carbocycles. The number of hydrogen-bond donors (Lipinski definition) is 2. The van der Waals surface area contributed by atoms with Crippen molar-refractivity contribution < 1.29 is 28.7 Å². The van der Waals surface area contributed by atoms with Crippen LogP contribution in [0, 0.1) is 6.92 Å². The fourth-order valence-electron chi connectivity index (χ4n) is 7.58. The highest BCUT2D eigenvalue weighted by Crippen LogP contribution is 2.58. The van der Waals surface area contributed by atoms with Crippen LogP contribution in [-0.4, -0.2) is 53.6 Å². The number of aromatic hydroxyl groups is 1. The molecule has 10 heteroatoms. The number of unbranched alkanes of at least 4 members (excludes halogenated alkanes) is 3. The molecule has 1 spiro atoms. The first-order valence-corrected chi connectivity index (χ1v) is 20.0. The van der Waals surface area contributed by atoms with Crippen molar-refractivity contribution in [1.82, 2.24) is 9.99 Å². The molecular formula is C41H48ClN2O6P. The maximum Gasteiger partial charge on any atom is 0.340 e. The van der Waals surface area contributed by atoms with Crippen molar-refractivity contribution in [1.29, 1.82) is 0 Å². The van der Waals surface area contributed by atoms with Gasteiger partial charge < -0.3 is 24.4 Å². The van der Waals surface area contributed by atoms with E-state index >= 15 is 0 Å². The summed E-state index contributed by atoms with van der Waals surface area (Å²) >= 11 is 6.36. The molecule has 2 atom stereocenters. The van der Waals surface area contributed by atoms with Crippen molar-refractivity contribution in [3.8, 4) is 17.2 Å². The van der Waals surface area contributed by atoms with Gasteiger partial charge in [-0.2, -0.15) is 0 Å². The monoisotopic (exact) mass is 730 g/mol. The first kappa shape index (κ1) is 37.1. The van der Waals surface area contributed by atoms with Gasteiger partial charge in [0.05, 0.1) is 17.2 Å². The topological polar surface area (TPSA) is 97.3 Å². The summed E-state index contributed by atoms with van der Waals surface area (Å²) in [7, 11) is -0.591. The number of benzene rings is 4. The van der Waals surface area contributed by atoms with Gasteiger partial charge in [0.15, 0.2) is 5.60 Å². The summed E-state index contributed by atoms with van der Waals surface area (Å²) in [6, 6.07) is 19.4. The van der Waals surface area contributed by atoms with E-state index in [9.17, 15) is 14.7 Å². The van der Waals surface area contributed by atoms with Crippen LogP contribution in [0.15, 0.2) is 60.7 Å². The van der Waals surface area contributed by atoms with Gasteiger partial charge in [0.2, 0.25) is 5.91 Å². The molecule has 8 nitrogen and oxygen atoms in total. The highest BCUT2D eigenvalue weighted by atomic mass is 35.5. The minimum Gasteiger partial charge on any atom is -0.506 e. The molecule has 0 saturated heterocycles. The van der Waals surface area contributed by atoms with Gasteiger partial charge in [-0.3, -0.25) is 9.46 Å². The number of esters is 1. The molecule has 6 rings (SSSR count). The number of aryl methyl sites for hydroxylation is 2.